The highest BCUT2D eigenvalue weighted by molar-refractivity contribution is 7.46. The van der Waals surface area contributed by atoms with Crippen LogP contribution < -0.4 is 11.2 Å². The highest BCUT2D eigenvalue weighted by atomic mass is 31.2. The van der Waals surface area contributed by atoms with Gasteiger partial charge in [0, 0.05) is 12.3 Å². The minimum atomic E-state index is -5.25. The molecule has 0 amide bonds. The molecule has 1 aliphatic heterocycles. The number of hydrogen-bond donors (Lipinski definition) is 5. The van der Waals surface area contributed by atoms with E-state index in [2.05, 4.69) is 4.52 Å². The average molecular weight is 356 g/mol. The van der Waals surface area contributed by atoms with Crippen LogP contribution >= 0.6 is 7.82 Å². The molecule has 130 valence electrons. The van der Waals surface area contributed by atoms with E-state index in [-0.39, 0.29) is 0 Å². The number of nitrogens with one attached hydrogen (secondary N) is 1. The third-order valence-corrected chi connectivity index (χ3v) is 3.66. The lowest BCUT2D eigenvalue weighted by atomic mass is 10.0. The number of aliphatic hydroxyl groups is 2. The van der Waals surface area contributed by atoms with E-state index in [0.717, 1.165) is 19.2 Å². The monoisotopic (exact) mass is 356 g/mol. The normalized spacial score (nSPS) is 32.9. The molecule has 23 heavy (non-hydrogen) atoms. The van der Waals surface area contributed by atoms with Crippen LogP contribution in [-0.2, 0) is 13.8 Å². The van der Waals surface area contributed by atoms with Crippen LogP contribution in [0, 0.1) is 0 Å². The SMILES string of the molecule is C[C@H](O)[C@H]1O[C@@H](n2ccc(=O)[nH]c2=O)[C@@](O)(F)[C@@H]1OP(=O)(O)O. The van der Waals surface area contributed by atoms with Crippen LogP contribution in [0.4, 0.5) is 4.39 Å². The van der Waals surface area contributed by atoms with Crippen molar-refractivity contribution in [3.05, 3.63) is 33.1 Å². The Morgan fingerprint density at radius 1 is 1.52 bits per heavy atom. The quantitative estimate of drug-likeness (QED) is 0.381. The maximum absolute atomic E-state index is 14.6. The van der Waals surface area contributed by atoms with E-state index in [0.29, 0.717) is 4.57 Å². The Kier molecular flexibility index (Phi) is 4.61. The fourth-order valence-corrected chi connectivity index (χ4v) is 2.77. The van der Waals surface area contributed by atoms with Gasteiger partial charge in [-0.2, -0.15) is 0 Å². The van der Waals surface area contributed by atoms with Gasteiger partial charge in [0.1, 0.15) is 6.10 Å². The van der Waals surface area contributed by atoms with Gasteiger partial charge in [0.15, 0.2) is 12.3 Å². The fourth-order valence-electron chi connectivity index (χ4n) is 2.21. The summed E-state index contributed by atoms with van der Waals surface area (Å²) in [6, 6.07) is 0.843. The Hall–Kier alpha value is -1.40. The zero-order valence-electron chi connectivity index (χ0n) is 11.6. The Bertz CT molecular complexity index is 738. The van der Waals surface area contributed by atoms with Gasteiger partial charge in [-0.3, -0.25) is 18.9 Å². The molecule has 0 spiro atoms. The number of aromatic amines is 1. The largest absolute Gasteiger partial charge is 0.470 e. The number of phosphoric acid groups is 1. The molecule has 1 saturated heterocycles. The van der Waals surface area contributed by atoms with Gasteiger partial charge < -0.3 is 24.7 Å². The van der Waals surface area contributed by atoms with Gasteiger partial charge in [-0.15, -0.1) is 0 Å². The van der Waals surface area contributed by atoms with Crippen LogP contribution in [0.5, 0.6) is 0 Å². The third-order valence-electron chi connectivity index (χ3n) is 3.16. The highest BCUT2D eigenvalue weighted by Crippen LogP contribution is 2.49. The lowest BCUT2D eigenvalue weighted by Crippen LogP contribution is -2.47. The third kappa shape index (κ3) is 3.58. The minimum Gasteiger partial charge on any atom is -0.391 e. The topological polar surface area (TPSA) is 171 Å². The zero-order valence-corrected chi connectivity index (χ0v) is 12.5. The smallest absolute Gasteiger partial charge is 0.391 e. The van der Waals surface area contributed by atoms with Crippen LogP contribution in [0.3, 0.4) is 0 Å². The van der Waals surface area contributed by atoms with Crippen molar-refractivity contribution in [3.63, 3.8) is 0 Å². The molecular formula is C10H14FN2O9P. The van der Waals surface area contributed by atoms with E-state index in [1.165, 1.54) is 0 Å². The number of hydrogen-bond acceptors (Lipinski definition) is 7. The first-order valence-electron chi connectivity index (χ1n) is 6.23. The van der Waals surface area contributed by atoms with Crippen LogP contribution in [0.15, 0.2) is 21.9 Å². The van der Waals surface area contributed by atoms with E-state index >= 15 is 0 Å². The predicted molar refractivity (Wildman–Crippen MR) is 69.9 cm³/mol. The fraction of sp³-hybridized carbons (Fsp3) is 0.600. The Balaban J connectivity index is 2.48. The maximum Gasteiger partial charge on any atom is 0.470 e. The summed E-state index contributed by atoms with van der Waals surface area (Å²) < 4.78 is 35.2. The molecule has 2 rings (SSSR count). The number of ether oxygens (including phenoxy) is 1. The van der Waals surface area contributed by atoms with Crippen molar-refractivity contribution < 1.29 is 38.2 Å². The van der Waals surface area contributed by atoms with E-state index < -0.39 is 49.5 Å². The summed E-state index contributed by atoms with van der Waals surface area (Å²) in [4.78, 5) is 42.1. The molecule has 2 heterocycles. The molecule has 1 fully saturated rings. The molecule has 1 aromatic rings. The molecule has 0 aliphatic carbocycles. The lowest BCUT2D eigenvalue weighted by molar-refractivity contribution is -0.194. The number of nitrogens with zero attached hydrogens (tertiary/aromatic N) is 1. The van der Waals surface area contributed by atoms with Gasteiger partial charge in [0.2, 0.25) is 0 Å². The van der Waals surface area contributed by atoms with Gasteiger partial charge in [0.25, 0.3) is 11.4 Å². The number of H-pyrrole nitrogens is 1. The molecular weight excluding hydrogens is 342 g/mol. The summed E-state index contributed by atoms with van der Waals surface area (Å²) in [5, 5.41) is 19.5. The Morgan fingerprint density at radius 2 is 2.13 bits per heavy atom. The summed E-state index contributed by atoms with van der Waals surface area (Å²) in [5.41, 5.74) is -1.93. The van der Waals surface area contributed by atoms with Gasteiger partial charge in [-0.25, -0.2) is 13.8 Å². The molecule has 13 heteroatoms. The van der Waals surface area contributed by atoms with E-state index in [4.69, 9.17) is 14.5 Å². The number of phosphoric ester groups is 1. The van der Waals surface area contributed by atoms with Crippen molar-refractivity contribution in [2.45, 2.75) is 37.3 Å². The average Bonchev–Trinajstić information content (AvgIpc) is 2.61. The number of halogens is 1. The van der Waals surface area contributed by atoms with Crippen molar-refractivity contribution in [3.8, 4) is 0 Å². The second kappa shape index (κ2) is 5.91. The standard InChI is InChI=1S/C10H14FN2O9P/c1-4(14)6-7(22-23(18,19)20)10(11,17)8(21-6)13-3-2-5(15)12-9(13)16/h2-4,6-8,14,17H,1H3,(H,12,15,16)(H2,18,19,20)/t4-,6+,7+,8+,10+/m0/s1. The van der Waals surface area contributed by atoms with Crippen molar-refractivity contribution >= 4 is 7.82 Å². The molecule has 5 N–H and O–H groups in total. The first-order valence-corrected chi connectivity index (χ1v) is 7.76. The summed E-state index contributed by atoms with van der Waals surface area (Å²) in [6.45, 7) is 1.11. The number of aliphatic hydroxyl groups excluding tert-OH is 1. The second-order valence-corrected chi connectivity index (χ2v) is 6.15. The molecule has 0 bridgehead atoms. The first-order chi connectivity index (χ1) is 10.4. The van der Waals surface area contributed by atoms with Crippen molar-refractivity contribution in [1.29, 1.82) is 0 Å². The molecule has 5 atom stereocenters. The first kappa shape index (κ1) is 17.9. The molecule has 0 radical (unpaired) electrons. The van der Waals surface area contributed by atoms with Gasteiger partial charge in [-0.05, 0) is 6.92 Å². The van der Waals surface area contributed by atoms with Crippen LogP contribution in [0.2, 0.25) is 0 Å². The van der Waals surface area contributed by atoms with E-state index in [9.17, 15) is 28.8 Å². The van der Waals surface area contributed by atoms with Gasteiger partial charge >= 0.3 is 13.5 Å². The molecule has 1 aliphatic rings. The van der Waals surface area contributed by atoms with Gasteiger partial charge in [0.05, 0.1) is 6.10 Å². The van der Waals surface area contributed by atoms with Crippen molar-refractivity contribution in [2.24, 2.45) is 0 Å². The van der Waals surface area contributed by atoms with Crippen LogP contribution in [-0.4, -0.2) is 53.7 Å². The summed E-state index contributed by atoms with van der Waals surface area (Å²) in [5.74, 6) is -3.58. The minimum absolute atomic E-state index is 0.458. The van der Waals surface area contributed by atoms with Crippen LogP contribution in [0.25, 0.3) is 0 Å². The van der Waals surface area contributed by atoms with Gasteiger partial charge in [-0.1, -0.05) is 0 Å². The number of alkyl halides is 1. The highest BCUT2D eigenvalue weighted by Gasteiger charge is 2.62. The van der Waals surface area contributed by atoms with E-state index in [1.54, 1.807) is 4.98 Å². The maximum atomic E-state index is 14.6. The number of rotatable bonds is 4. The second-order valence-electron chi connectivity index (χ2n) is 4.96. The van der Waals surface area contributed by atoms with Crippen LogP contribution in [0.1, 0.15) is 13.2 Å². The molecule has 0 saturated carbocycles. The number of aromatic nitrogens is 2. The van der Waals surface area contributed by atoms with Crippen molar-refractivity contribution in [2.75, 3.05) is 0 Å². The Labute approximate surface area is 127 Å². The Morgan fingerprint density at radius 3 is 2.61 bits per heavy atom. The summed E-state index contributed by atoms with van der Waals surface area (Å²) in [7, 11) is -5.25. The van der Waals surface area contributed by atoms with E-state index in [1.807, 2.05) is 0 Å². The lowest BCUT2D eigenvalue weighted by Gasteiger charge is -2.26. The molecule has 11 nitrogen and oxygen atoms in total. The summed E-state index contributed by atoms with van der Waals surface area (Å²) >= 11 is 0. The molecule has 0 unspecified atom stereocenters. The molecule has 0 aromatic carbocycles. The van der Waals surface area contributed by atoms with Crippen molar-refractivity contribution in [1.82, 2.24) is 9.55 Å². The summed E-state index contributed by atoms with van der Waals surface area (Å²) in [6.07, 6.45) is -6.77. The zero-order chi connectivity index (χ0) is 17.6. The molecule has 1 aromatic heterocycles. The predicted octanol–water partition coefficient (Wildman–Crippen LogP) is -2.05.